The molecule has 0 saturated carbocycles. The third-order valence-corrected chi connectivity index (χ3v) is 3.97. The molecular weight excluding hydrogens is 272 g/mol. The maximum atomic E-state index is 11.7. The highest BCUT2D eigenvalue weighted by atomic mass is 32.1. The van der Waals surface area contributed by atoms with Crippen LogP contribution in [0.15, 0.2) is 22.9 Å². The predicted octanol–water partition coefficient (Wildman–Crippen LogP) is 1.77. The molecule has 0 radical (unpaired) electrons. The van der Waals surface area contributed by atoms with Crippen molar-refractivity contribution in [3.63, 3.8) is 0 Å². The van der Waals surface area contributed by atoms with Crippen molar-refractivity contribution in [2.75, 3.05) is 13.7 Å². The highest BCUT2D eigenvalue weighted by Crippen LogP contribution is 2.27. The number of rotatable bonds is 4. The Hall–Kier alpha value is -1.73. The average molecular weight is 282 g/mol. The number of esters is 1. The molecule has 0 aromatic carbocycles. The van der Waals surface area contributed by atoms with Crippen LogP contribution in [0.25, 0.3) is 9.88 Å². The number of thiophene rings is 1. The molecule has 0 aliphatic heterocycles. The monoisotopic (exact) mass is 282 g/mol. The Morgan fingerprint density at radius 3 is 2.94 bits per heavy atom. The van der Waals surface area contributed by atoms with E-state index in [-0.39, 0.29) is 12.5 Å². The molecule has 0 atom stereocenters. The molecule has 94 valence electrons. The van der Waals surface area contributed by atoms with Gasteiger partial charge in [-0.3, -0.25) is 9.59 Å². The number of nitrogens with zero attached hydrogens (tertiary/aromatic N) is 1. The number of ether oxygens (including phenoxy) is 1. The van der Waals surface area contributed by atoms with Crippen LogP contribution in [0.5, 0.6) is 0 Å². The Balaban J connectivity index is 2.02. The zero-order chi connectivity index (χ0) is 13.0. The first kappa shape index (κ1) is 12.7. The highest BCUT2D eigenvalue weighted by Gasteiger charge is 2.13. The standard InChI is InChI=1S/C11H10N2O3S2/c1-16-9(14)5-12-10(15)7-6-18-11(13-7)8-3-2-4-17-8/h2-4,6H,5H2,1H3,(H,12,15). The van der Waals surface area contributed by atoms with Crippen LogP contribution in [-0.2, 0) is 9.53 Å². The fraction of sp³-hybridized carbons (Fsp3) is 0.182. The number of methoxy groups -OCH3 is 1. The van der Waals surface area contributed by atoms with Gasteiger partial charge in [0.25, 0.3) is 5.91 Å². The van der Waals surface area contributed by atoms with Crippen LogP contribution in [0.3, 0.4) is 0 Å². The molecule has 0 spiro atoms. The van der Waals surface area contributed by atoms with Gasteiger partial charge in [-0.25, -0.2) is 4.98 Å². The van der Waals surface area contributed by atoms with Gasteiger partial charge >= 0.3 is 5.97 Å². The predicted molar refractivity (Wildman–Crippen MR) is 69.8 cm³/mol. The number of nitrogens with one attached hydrogen (secondary N) is 1. The number of hydrogen-bond acceptors (Lipinski definition) is 6. The molecule has 2 aromatic heterocycles. The Morgan fingerprint density at radius 1 is 1.44 bits per heavy atom. The average Bonchev–Trinajstić information content (AvgIpc) is 3.04. The van der Waals surface area contributed by atoms with Gasteiger partial charge in [-0.1, -0.05) is 6.07 Å². The summed E-state index contributed by atoms with van der Waals surface area (Å²) < 4.78 is 4.43. The topological polar surface area (TPSA) is 68.3 Å². The molecule has 2 aromatic rings. The third-order valence-electron chi connectivity index (χ3n) is 2.09. The van der Waals surface area contributed by atoms with Gasteiger partial charge in [0.15, 0.2) is 0 Å². The van der Waals surface area contributed by atoms with Gasteiger partial charge in [0, 0.05) is 5.38 Å². The second-order valence-electron chi connectivity index (χ2n) is 3.27. The fourth-order valence-electron chi connectivity index (χ4n) is 1.21. The number of carbonyl (C=O) groups is 2. The van der Waals surface area contributed by atoms with Crippen molar-refractivity contribution in [2.45, 2.75) is 0 Å². The molecule has 0 aliphatic carbocycles. The maximum Gasteiger partial charge on any atom is 0.325 e. The molecule has 2 rings (SSSR count). The van der Waals surface area contributed by atoms with Crippen LogP contribution in [0, 0.1) is 0 Å². The lowest BCUT2D eigenvalue weighted by Gasteiger charge is -2.00. The Kier molecular flexibility index (Phi) is 4.06. The number of carbonyl (C=O) groups excluding carboxylic acids is 2. The summed E-state index contributed by atoms with van der Waals surface area (Å²) >= 11 is 2.96. The molecule has 0 saturated heterocycles. The first-order valence-corrected chi connectivity index (χ1v) is 6.81. The van der Waals surface area contributed by atoms with Gasteiger partial charge in [0.2, 0.25) is 0 Å². The largest absolute Gasteiger partial charge is 0.468 e. The summed E-state index contributed by atoms with van der Waals surface area (Å²) in [4.78, 5) is 27.8. The quantitative estimate of drug-likeness (QED) is 0.868. The van der Waals surface area contributed by atoms with Crippen molar-refractivity contribution in [1.29, 1.82) is 0 Å². The Labute approximate surface area is 111 Å². The Bertz CT molecular complexity index is 548. The summed E-state index contributed by atoms with van der Waals surface area (Å²) in [7, 11) is 1.27. The van der Waals surface area contributed by atoms with Crippen molar-refractivity contribution in [2.24, 2.45) is 0 Å². The van der Waals surface area contributed by atoms with Crippen LogP contribution in [0.2, 0.25) is 0 Å². The molecule has 0 unspecified atom stereocenters. The number of aromatic nitrogens is 1. The van der Waals surface area contributed by atoms with Gasteiger partial charge in [0.05, 0.1) is 12.0 Å². The first-order chi connectivity index (χ1) is 8.70. The van der Waals surface area contributed by atoms with Crippen LogP contribution < -0.4 is 5.32 Å². The summed E-state index contributed by atoms with van der Waals surface area (Å²) in [6, 6.07) is 3.87. The molecular formula is C11H10N2O3S2. The molecule has 1 N–H and O–H groups in total. The van der Waals surface area contributed by atoms with E-state index in [1.807, 2.05) is 17.5 Å². The van der Waals surface area contributed by atoms with Gasteiger partial charge in [-0.2, -0.15) is 0 Å². The minimum absolute atomic E-state index is 0.152. The van der Waals surface area contributed by atoms with Gasteiger partial charge < -0.3 is 10.1 Å². The summed E-state index contributed by atoms with van der Waals surface area (Å²) in [5.41, 5.74) is 0.312. The minimum Gasteiger partial charge on any atom is -0.468 e. The van der Waals surface area contributed by atoms with E-state index in [1.54, 1.807) is 16.7 Å². The van der Waals surface area contributed by atoms with E-state index in [0.29, 0.717) is 5.69 Å². The van der Waals surface area contributed by atoms with Crippen molar-refractivity contribution in [1.82, 2.24) is 10.3 Å². The second-order valence-corrected chi connectivity index (χ2v) is 5.08. The normalized spacial score (nSPS) is 10.1. The van der Waals surface area contributed by atoms with E-state index in [2.05, 4.69) is 15.0 Å². The summed E-state index contributed by atoms with van der Waals surface area (Å²) in [6.45, 7) is -0.152. The third kappa shape index (κ3) is 2.93. The van der Waals surface area contributed by atoms with E-state index in [1.165, 1.54) is 18.4 Å². The minimum atomic E-state index is -0.489. The second kappa shape index (κ2) is 5.74. The van der Waals surface area contributed by atoms with Crippen LogP contribution in [0.1, 0.15) is 10.5 Å². The molecule has 0 fully saturated rings. The molecule has 7 heteroatoms. The number of amides is 1. The van der Waals surface area contributed by atoms with Crippen LogP contribution >= 0.6 is 22.7 Å². The van der Waals surface area contributed by atoms with Crippen molar-refractivity contribution in [3.8, 4) is 9.88 Å². The molecule has 2 heterocycles. The van der Waals surface area contributed by atoms with E-state index in [0.717, 1.165) is 9.88 Å². The van der Waals surface area contributed by atoms with Crippen LogP contribution in [0.4, 0.5) is 0 Å². The fourth-order valence-corrected chi connectivity index (χ4v) is 2.82. The highest BCUT2D eigenvalue weighted by molar-refractivity contribution is 7.20. The van der Waals surface area contributed by atoms with Crippen molar-refractivity contribution < 1.29 is 14.3 Å². The lowest BCUT2D eigenvalue weighted by molar-refractivity contribution is -0.139. The maximum absolute atomic E-state index is 11.7. The SMILES string of the molecule is COC(=O)CNC(=O)c1csc(-c2cccs2)n1. The van der Waals surface area contributed by atoms with Gasteiger partial charge in [0.1, 0.15) is 17.2 Å². The zero-order valence-corrected chi connectivity index (χ0v) is 11.1. The van der Waals surface area contributed by atoms with Crippen LogP contribution in [-0.4, -0.2) is 30.5 Å². The lowest BCUT2D eigenvalue weighted by atomic mass is 10.4. The van der Waals surface area contributed by atoms with Gasteiger partial charge in [-0.05, 0) is 11.4 Å². The zero-order valence-electron chi connectivity index (χ0n) is 9.50. The first-order valence-electron chi connectivity index (χ1n) is 5.05. The van der Waals surface area contributed by atoms with Gasteiger partial charge in [-0.15, -0.1) is 22.7 Å². The molecule has 5 nitrogen and oxygen atoms in total. The summed E-state index contributed by atoms with van der Waals surface area (Å²) in [5, 5.41) is 6.86. The van der Waals surface area contributed by atoms with Crippen molar-refractivity contribution >= 4 is 34.6 Å². The van der Waals surface area contributed by atoms with E-state index in [4.69, 9.17) is 0 Å². The smallest absolute Gasteiger partial charge is 0.325 e. The molecule has 18 heavy (non-hydrogen) atoms. The van der Waals surface area contributed by atoms with E-state index in [9.17, 15) is 9.59 Å². The van der Waals surface area contributed by atoms with E-state index < -0.39 is 5.97 Å². The number of hydrogen-bond donors (Lipinski definition) is 1. The molecule has 1 amide bonds. The van der Waals surface area contributed by atoms with E-state index >= 15 is 0 Å². The van der Waals surface area contributed by atoms with Crippen molar-refractivity contribution in [3.05, 3.63) is 28.6 Å². The summed E-state index contributed by atoms with van der Waals surface area (Å²) in [6.07, 6.45) is 0. The number of thiazole rings is 1. The molecule has 0 aliphatic rings. The Morgan fingerprint density at radius 2 is 2.28 bits per heavy atom. The summed E-state index contributed by atoms with van der Waals surface area (Å²) in [5.74, 6) is -0.864. The molecule has 0 bridgehead atoms. The lowest BCUT2D eigenvalue weighted by Crippen LogP contribution is -2.30.